The minimum absolute atomic E-state index is 0.0693. The van der Waals surface area contributed by atoms with E-state index in [1.165, 1.54) is 7.11 Å². The van der Waals surface area contributed by atoms with Crippen molar-refractivity contribution < 1.29 is 23.8 Å². The van der Waals surface area contributed by atoms with Gasteiger partial charge in [0.05, 0.1) is 25.3 Å². The van der Waals surface area contributed by atoms with Crippen LogP contribution in [-0.4, -0.2) is 26.2 Å². The standard InChI is InChI=1S/C18H18O5/c1-12-7-8-15(10-16(12)21-2)18(20)23-11-13-5-4-6-14(9-13)17(19)22-3/h4-10H,11H2,1-3H3. The molecule has 0 amide bonds. The molecule has 0 saturated carbocycles. The Balaban J connectivity index is 2.06. The molecule has 5 heteroatoms. The minimum atomic E-state index is -0.452. The molecule has 2 aromatic rings. The highest BCUT2D eigenvalue weighted by molar-refractivity contribution is 5.90. The molecule has 0 aliphatic heterocycles. The number of esters is 2. The predicted octanol–water partition coefficient (Wildman–Crippen LogP) is 3.15. The number of methoxy groups -OCH3 is 2. The molecular weight excluding hydrogens is 296 g/mol. The Kier molecular flexibility index (Phi) is 5.36. The Morgan fingerprint density at radius 2 is 1.70 bits per heavy atom. The highest BCUT2D eigenvalue weighted by Gasteiger charge is 2.11. The van der Waals surface area contributed by atoms with Crippen LogP contribution in [0, 0.1) is 6.92 Å². The van der Waals surface area contributed by atoms with Crippen LogP contribution in [0.4, 0.5) is 0 Å². The summed E-state index contributed by atoms with van der Waals surface area (Å²) in [6, 6.07) is 11.9. The predicted molar refractivity (Wildman–Crippen MR) is 84.6 cm³/mol. The Hall–Kier alpha value is -2.82. The van der Waals surface area contributed by atoms with Crippen LogP contribution < -0.4 is 4.74 Å². The number of carbonyl (C=O) groups is 2. The van der Waals surface area contributed by atoms with E-state index in [1.54, 1.807) is 49.6 Å². The van der Waals surface area contributed by atoms with Crippen molar-refractivity contribution in [3.63, 3.8) is 0 Å². The van der Waals surface area contributed by atoms with Gasteiger partial charge in [-0.25, -0.2) is 9.59 Å². The van der Waals surface area contributed by atoms with Gasteiger partial charge >= 0.3 is 11.9 Å². The maximum atomic E-state index is 12.1. The average molecular weight is 314 g/mol. The third-order valence-corrected chi connectivity index (χ3v) is 3.36. The number of rotatable bonds is 5. The molecule has 23 heavy (non-hydrogen) atoms. The minimum Gasteiger partial charge on any atom is -0.496 e. The van der Waals surface area contributed by atoms with Crippen molar-refractivity contribution in [2.24, 2.45) is 0 Å². The van der Waals surface area contributed by atoms with Crippen molar-refractivity contribution in [2.75, 3.05) is 14.2 Å². The van der Waals surface area contributed by atoms with Gasteiger partial charge in [-0.2, -0.15) is 0 Å². The second kappa shape index (κ2) is 7.45. The summed E-state index contributed by atoms with van der Waals surface area (Å²) in [6.07, 6.45) is 0. The molecule has 120 valence electrons. The fourth-order valence-corrected chi connectivity index (χ4v) is 2.09. The zero-order valence-corrected chi connectivity index (χ0v) is 13.3. The molecule has 0 aliphatic carbocycles. The number of aryl methyl sites for hydroxylation is 1. The fourth-order valence-electron chi connectivity index (χ4n) is 2.09. The SMILES string of the molecule is COC(=O)c1cccc(COC(=O)c2ccc(C)c(OC)c2)c1. The lowest BCUT2D eigenvalue weighted by Crippen LogP contribution is -2.07. The number of ether oxygens (including phenoxy) is 3. The Bertz CT molecular complexity index is 721. The molecule has 0 bridgehead atoms. The van der Waals surface area contributed by atoms with E-state index in [0.29, 0.717) is 22.4 Å². The summed E-state index contributed by atoms with van der Waals surface area (Å²) in [4.78, 5) is 23.6. The van der Waals surface area contributed by atoms with Crippen molar-refractivity contribution in [1.29, 1.82) is 0 Å². The maximum Gasteiger partial charge on any atom is 0.338 e. The Morgan fingerprint density at radius 3 is 2.39 bits per heavy atom. The van der Waals surface area contributed by atoms with Gasteiger partial charge in [0.25, 0.3) is 0 Å². The first-order valence-corrected chi connectivity index (χ1v) is 7.04. The highest BCUT2D eigenvalue weighted by atomic mass is 16.5. The second-order valence-electron chi connectivity index (χ2n) is 4.95. The second-order valence-corrected chi connectivity index (χ2v) is 4.95. The molecule has 0 aliphatic rings. The lowest BCUT2D eigenvalue weighted by molar-refractivity contribution is 0.0472. The number of benzene rings is 2. The van der Waals surface area contributed by atoms with Crippen LogP contribution in [0.1, 0.15) is 31.8 Å². The van der Waals surface area contributed by atoms with E-state index >= 15 is 0 Å². The molecule has 0 atom stereocenters. The maximum absolute atomic E-state index is 12.1. The summed E-state index contributed by atoms with van der Waals surface area (Å²) in [7, 11) is 2.87. The molecule has 5 nitrogen and oxygen atoms in total. The third-order valence-electron chi connectivity index (χ3n) is 3.36. The molecule has 0 spiro atoms. The van der Waals surface area contributed by atoms with Crippen LogP contribution in [-0.2, 0) is 16.1 Å². The average Bonchev–Trinajstić information content (AvgIpc) is 2.59. The molecule has 0 radical (unpaired) electrons. The van der Waals surface area contributed by atoms with Crippen molar-refractivity contribution in [3.05, 3.63) is 64.7 Å². The van der Waals surface area contributed by atoms with Gasteiger partial charge in [-0.05, 0) is 42.3 Å². The van der Waals surface area contributed by atoms with Crippen LogP contribution in [0.5, 0.6) is 5.75 Å². The monoisotopic (exact) mass is 314 g/mol. The van der Waals surface area contributed by atoms with Crippen LogP contribution in [0.25, 0.3) is 0 Å². The van der Waals surface area contributed by atoms with Gasteiger partial charge in [0.2, 0.25) is 0 Å². The van der Waals surface area contributed by atoms with Gasteiger partial charge in [0.1, 0.15) is 12.4 Å². The number of hydrogen-bond acceptors (Lipinski definition) is 5. The van der Waals surface area contributed by atoms with Crippen LogP contribution in [0.3, 0.4) is 0 Å². The van der Waals surface area contributed by atoms with Crippen LogP contribution in [0.15, 0.2) is 42.5 Å². The van der Waals surface area contributed by atoms with Crippen molar-refractivity contribution in [3.8, 4) is 5.75 Å². The normalized spacial score (nSPS) is 10.0. The van der Waals surface area contributed by atoms with E-state index in [0.717, 1.165) is 5.56 Å². The van der Waals surface area contributed by atoms with Gasteiger partial charge < -0.3 is 14.2 Å². The smallest absolute Gasteiger partial charge is 0.338 e. The Morgan fingerprint density at radius 1 is 0.957 bits per heavy atom. The van der Waals surface area contributed by atoms with Gasteiger partial charge in [-0.1, -0.05) is 18.2 Å². The summed E-state index contributed by atoms with van der Waals surface area (Å²) in [5.74, 6) is -0.250. The van der Waals surface area contributed by atoms with E-state index in [-0.39, 0.29) is 6.61 Å². The molecule has 2 rings (SSSR count). The first-order chi connectivity index (χ1) is 11.0. The molecule has 0 heterocycles. The molecule has 0 fully saturated rings. The molecule has 0 N–H and O–H groups in total. The van der Waals surface area contributed by atoms with Gasteiger partial charge in [0, 0.05) is 0 Å². The molecule has 0 unspecified atom stereocenters. The summed E-state index contributed by atoms with van der Waals surface area (Å²) in [6.45, 7) is 1.96. The molecule has 2 aromatic carbocycles. The summed E-state index contributed by atoms with van der Waals surface area (Å²) in [5, 5.41) is 0. The lowest BCUT2D eigenvalue weighted by atomic mass is 10.1. The zero-order chi connectivity index (χ0) is 16.8. The fraction of sp³-hybridized carbons (Fsp3) is 0.222. The summed E-state index contributed by atoms with van der Waals surface area (Å²) < 4.78 is 15.1. The largest absolute Gasteiger partial charge is 0.496 e. The quantitative estimate of drug-likeness (QED) is 0.793. The van der Waals surface area contributed by atoms with E-state index in [2.05, 4.69) is 4.74 Å². The Labute approximate surface area is 134 Å². The third kappa shape index (κ3) is 4.10. The lowest BCUT2D eigenvalue weighted by Gasteiger charge is -2.09. The van der Waals surface area contributed by atoms with E-state index in [1.807, 2.05) is 6.92 Å². The molecular formula is C18H18O5. The van der Waals surface area contributed by atoms with Crippen molar-refractivity contribution in [1.82, 2.24) is 0 Å². The van der Waals surface area contributed by atoms with Crippen molar-refractivity contribution in [2.45, 2.75) is 13.5 Å². The first kappa shape index (κ1) is 16.5. The number of hydrogen-bond donors (Lipinski definition) is 0. The molecule has 0 saturated heterocycles. The van der Waals surface area contributed by atoms with E-state index < -0.39 is 11.9 Å². The first-order valence-electron chi connectivity index (χ1n) is 7.04. The number of carbonyl (C=O) groups excluding carboxylic acids is 2. The van der Waals surface area contributed by atoms with Crippen LogP contribution in [0.2, 0.25) is 0 Å². The zero-order valence-electron chi connectivity index (χ0n) is 13.3. The summed E-state index contributed by atoms with van der Waals surface area (Å²) in [5.41, 5.74) is 2.48. The van der Waals surface area contributed by atoms with Crippen LogP contribution >= 0.6 is 0 Å². The van der Waals surface area contributed by atoms with Gasteiger partial charge in [-0.3, -0.25) is 0 Å². The van der Waals surface area contributed by atoms with Gasteiger partial charge in [-0.15, -0.1) is 0 Å². The highest BCUT2D eigenvalue weighted by Crippen LogP contribution is 2.20. The summed E-state index contributed by atoms with van der Waals surface area (Å²) >= 11 is 0. The molecule has 0 aromatic heterocycles. The topological polar surface area (TPSA) is 61.8 Å². The van der Waals surface area contributed by atoms with Gasteiger partial charge in [0.15, 0.2) is 0 Å². The van der Waals surface area contributed by atoms with Crippen molar-refractivity contribution >= 4 is 11.9 Å². The van der Waals surface area contributed by atoms with E-state index in [9.17, 15) is 9.59 Å². The van der Waals surface area contributed by atoms with E-state index in [4.69, 9.17) is 9.47 Å².